The van der Waals surface area contributed by atoms with Crippen molar-refractivity contribution in [1.29, 1.82) is 0 Å². The molecule has 0 aliphatic carbocycles. The summed E-state index contributed by atoms with van der Waals surface area (Å²) < 4.78 is 29.9. The normalized spacial score (nSPS) is 17.5. The number of aromatic nitrogens is 2. The number of rotatable bonds is 4. The first-order chi connectivity index (χ1) is 14.8. The number of nitrogens with zero attached hydrogens (tertiary/aromatic N) is 3. The van der Waals surface area contributed by atoms with Gasteiger partial charge in [0.25, 0.3) is 5.56 Å². The molecule has 162 valence electrons. The number of benzene rings is 2. The Bertz CT molecular complexity index is 1320. The van der Waals surface area contributed by atoms with Crippen molar-refractivity contribution in [1.82, 2.24) is 13.9 Å². The predicted molar refractivity (Wildman–Crippen MR) is 119 cm³/mol. The molecule has 1 fully saturated rings. The molecule has 2 aromatic carbocycles. The van der Waals surface area contributed by atoms with Gasteiger partial charge in [-0.1, -0.05) is 18.2 Å². The summed E-state index contributed by atoms with van der Waals surface area (Å²) in [5, 5.41) is 3.12. The highest BCUT2D eigenvalue weighted by molar-refractivity contribution is 7.89. The summed E-state index contributed by atoms with van der Waals surface area (Å²) in [5.41, 5.74) is 1.47. The van der Waals surface area contributed by atoms with Crippen molar-refractivity contribution in [2.45, 2.75) is 37.6 Å². The van der Waals surface area contributed by atoms with Crippen LogP contribution in [0.3, 0.4) is 0 Å². The van der Waals surface area contributed by atoms with Crippen LogP contribution in [0.15, 0.2) is 58.5 Å². The summed E-state index contributed by atoms with van der Waals surface area (Å²) in [7, 11) is -3.87. The van der Waals surface area contributed by atoms with Crippen LogP contribution in [0.5, 0.6) is 0 Å². The molecule has 0 bridgehead atoms. The summed E-state index contributed by atoms with van der Waals surface area (Å²) in [6, 6.07) is 11.7. The van der Waals surface area contributed by atoms with E-state index in [1.165, 1.54) is 22.1 Å². The quantitative estimate of drug-likeness (QED) is 0.672. The van der Waals surface area contributed by atoms with Crippen LogP contribution in [0.1, 0.15) is 31.4 Å². The van der Waals surface area contributed by atoms with Crippen LogP contribution in [-0.2, 0) is 14.8 Å². The van der Waals surface area contributed by atoms with E-state index in [9.17, 15) is 18.0 Å². The van der Waals surface area contributed by atoms with Gasteiger partial charge in [0.05, 0.1) is 29.0 Å². The third-order valence-electron chi connectivity index (χ3n) is 5.51. The monoisotopic (exact) mass is 440 g/mol. The Balaban J connectivity index is 1.69. The lowest BCUT2D eigenvalue weighted by Crippen LogP contribution is -2.43. The zero-order valence-corrected chi connectivity index (χ0v) is 18.2. The number of anilines is 1. The molecule has 1 aliphatic heterocycles. The van der Waals surface area contributed by atoms with E-state index < -0.39 is 10.0 Å². The molecular formula is C22H24N4O4S. The number of fused-ring (bicyclic) bond motifs is 1. The molecule has 31 heavy (non-hydrogen) atoms. The molecule has 9 heteroatoms. The molecule has 3 aromatic rings. The minimum Gasteiger partial charge on any atom is -0.325 e. The molecule has 1 aromatic heterocycles. The Hall–Kier alpha value is -3.04. The molecule has 1 aliphatic rings. The second kappa shape index (κ2) is 8.24. The van der Waals surface area contributed by atoms with Gasteiger partial charge in [-0.2, -0.15) is 4.31 Å². The van der Waals surface area contributed by atoms with E-state index in [1.54, 1.807) is 43.3 Å². The molecule has 0 radical (unpaired) electrons. The van der Waals surface area contributed by atoms with Crippen LogP contribution in [0.25, 0.3) is 10.9 Å². The van der Waals surface area contributed by atoms with Gasteiger partial charge in [0.1, 0.15) is 4.90 Å². The number of sulfonamides is 1. The Kier molecular flexibility index (Phi) is 5.63. The van der Waals surface area contributed by atoms with Crippen molar-refractivity contribution >= 4 is 32.5 Å². The van der Waals surface area contributed by atoms with Crippen molar-refractivity contribution < 1.29 is 13.2 Å². The Labute approximate surface area is 180 Å². The lowest BCUT2D eigenvalue weighted by atomic mass is 10.1. The molecular weight excluding hydrogens is 416 g/mol. The second-order valence-electron chi connectivity index (χ2n) is 7.81. The van der Waals surface area contributed by atoms with Gasteiger partial charge in [0.15, 0.2) is 0 Å². The third kappa shape index (κ3) is 4.11. The van der Waals surface area contributed by atoms with Gasteiger partial charge in [-0.15, -0.1) is 0 Å². The highest BCUT2D eigenvalue weighted by atomic mass is 32.2. The molecule has 1 saturated heterocycles. The van der Waals surface area contributed by atoms with Gasteiger partial charge >= 0.3 is 0 Å². The number of hydrogen-bond donors (Lipinski definition) is 1. The topological polar surface area (TPSA) is 101 Å². The van der Waals surface area contributed by atoms with E-state index in [2.05, 4.69) is 10.3 Å². The fourth-order valence-corrected chi connectivity index (χ4v) is 5.73. The average Bonchev–Trinajstić information content (AvgIpc) is 2.75. The molecule has 4 rings (SSSR count). The number of hydrogen-bond acceptors (Lipinski definition) is 5. The molecule has 0 saturated carbocycles. The largest absolute Gasteiger partial charge is 0.325 e. The molecule has 1 amide bonds. The van der Waals surface area contributed by atoms with Crippen LogP contribution >= 0.6 is 0 Å². The summed E-state index contributed by atoms with van der Waals surface area (Å²) >= 11 is 0. The molecule has 1 N–H and O–H groups in total. The summed E-state index contributed by atoms with van der Waals surface area (Å²) in [6.45, 7) is 3.65. The van der Waals surface area contributed by atoms with Crippen molar-refractivity contribution in [3.63, 3.8) is 0 Å². The summed E-state index contributed by atoms with van der Waals surface area (Å²) in [5.74, 6) is -0.342. The van der Waals surface area contributed by atoms with Crippen LogP contribution in [-0.4, -0.2) is 41.3 Å². The first kappa shape index (κ1) is 21.2. The van der Waals surface area contributed by atoms with Gasteiger partial charge in [0.2, 0.25) is 15.9 Å². The first-order valence-corrected chi connectivity index (χ1v) is 11.6. The van der Waals surface area contributed by atoms with Gasteiger partial charge in [0, 0.05) is 20.0 Å². The maximum Gasteiger partial charge on any atom is 0.261 e. The number of nitrogens with one attached hydrogen (secondary N) is 1. The van der Waals surface area contributed by atoms with E-state index in [4.69, 9.17) is 0 Å². The number of aryl methyl sites for hydroxylation is 1. The summed E-state index contributed by atoms with van der Waals surface area (Å²) in [6.07, 6.45) is 2.80. The van der Waals surface area contributed by atoms with Gasteiger partial charge in [-0.3, -0.25) is 14.2 Å². The predicted octanol–water partition coefficient (Wildman–Crippen LogP) is 2.69. The van der Waals surface area contributed by atoms with Gasteiger partial charge in [-0.05, 0) is 49.6 Å². The van der Waals surface area contributed by atoms with E-state index in [-0.39, 0.29) is 34.6 Å². The van der Waals surface area contributed by atoms with Gasteiger partial charge in [-0.25, -0.2) is 13.4 Å². The van der Waals surface area contributed by atoms with E-state index >= 15 is 0 Å². The van der Waals surface area contributed by atoms with E-state index in [0.29, 0.717) is 30.3 Å². The number of amides is 1. The number of carbonyl (C=O) groups is 1. The molecule has 0 unspecified atom stereocenters. The van der Waals surface area contributed by atoms with Crippen LogP contribution < -0.4 is 10.9 Å². The highest BCUT2D eigenvalue weighted by Crippen LogP contribution is 2.30. The Morgan fingerprint density at radius 1 is 1.19 bits per heavy atom. The Morgan fingerprint density at radius 3 is 2.74 bits per heavy atom. The van der Waals surface area contributed by atoms with E-state index in [1.807, 2.05) is 6.07 Å². The minimum absolute atomic E-state index is 0.0623. The SMILES string of the molecule is CC(=O)Nc1ccc(C)cc1S(=O)(=O)N1CCC[C@H](n2cnc3ccccc3c2=O)C1. The van der Waals surface area contributed by atoms with Gasteiger partial charge < -0.3 is 5.32 Å². The van der Waals surface area contributed by atoms with Crippen LogP contribution in [0, 0.1) is 6.92 Å². The fraction of sp³-hybridized carbons (Fsp3) is 0.318. The minimum atomic E-state index is -3.87. The average molecular weight is 441 g/mol. The molecule has 0 spiro atoms. The molecule has 2 heterocycles. The smallest absolute Gasteiger partial charge is 0.261 e. The lowest BCUT2D eigenvalue weighted by molar-refractivity contribution is -0.114. The number of carbonyl (C=O) groups excluding carboxylic acids is 1. The summed E-state index contributed by atoms with van der Waals surface area (Å²) in [4.78, 5) is 29.0. The van der Waals surface area contributed by atoms with E-state index in [0.717, 1.165) is 5.56 Å². The zero-order valence-electron chi connectivity index (χ0n) is 17.4. The highest BCUT2D eigenvalue weighted by Gasteiger charge is 2.33. The van der Waals surface area contributed by atoms with Crippen LogP contribution in [0.2, 0.25) is 0 Å². The molecule has 8 nitrogen and oxygen atoms in total. The maximum absolute atomic E-state index is 13.5. The molecule has 1 atom stereocenters. The second-order valence-corrected chi connectivity index (χ2v) is 9.72. The van der Waals surface area contributed by atoms with Crippen molar-refractivity contribution in [3.05, 3.63) is 64.7 Å². The third-order valence-corrected chi connectivity index (χ3v) is 7.41. The van der Waals surface area contributed by atoms with Crippen molar-refractivity contribution in [3.8, 4) is 0 Å². The number of para-hydroxylation sites is 1. The first-order valence-electron chi connectivity index (χ1n) is 10.1. The van der Waals surface area contributed by atoms with Crippen molar-refractivity contribution in [2.24, 2.45) is 0 Å². The Morgan fingerprint density at radius 2 is 1.97 bits per heavy atom. The van der Waals surface area contributed by atoms with Crippen molar-refractivity contribution in [2.75, 3.05) is 18.4 Å². The lowest BCUT2D eigenvalue weighted by Gasteiger charge is -2.33. The standard InChI is InChI=1S/C22H24N4O4S/c1-15-9-10-20(24-16(2)27)21(12-15)31(29,30)25-11-5-6-17(13-25)26-14-23-19-8-4-3-7-18(19)22(26)28/h3-4,7-10,12,14,17H,5-6,11,13H2,1-2H3,(H,24,27)/t17-/m0/s1. The number of piperidine rings is 1. The fourth-order valence-electron chi connectivity index (χ4n) is 3.98. The van der Waals surface area contributed by atoms with Crippen LogP contribution in [0.4, 0.5) is 5.69 Å². The maximum atomic E-state index is 13.5. The zero-order chi connectivity index (χ0) is 22.2.